The SMILES string of the molecule is CCOC(=O)C[C@H](NC(=O)c1[nH]c(C)c(C(=O)OC(C)C)c1C)c1cccc(OC)c1. The third kappa shape index (κ3) is 6.10. The van der Waals surface area contributed by atoms with Gasteiger partial charge in [-0.15, -0.1) is 0 Å². The quantitative estimate of drug-likeness (QED) is 0.589. The lowest BCUT2D eigenvalue weighted by Gasteiger charge is -2.19. The summed E-state index contributed by atoms with van der Waals surface area (Å²) in [6.45, 7) is 8.88. The highest BCUT2D eigenvalue weighted by atomic mass is 16.5. The van der Waals surface area contributed by atoms with E-state index < -0.39 is 23.9 Å². The van der Waals surface area contributed by atoms with E-state index in [-0.39, 0.29) is 24.8 Å². The molecule has 0 radical (unpaired) electrons. The first-order valence-corrected chi connectivity index (χ1v) is 10.2. The average molecular weight is 431 g/mol. The van der Waals surface area contributed by atoms with Gasteiger partial charge in [0.15, 0.2) is 0 Å². The van der Waals surface area contributed by atoms with Crippen LogP contribution in [0.25, 0.3) is 0 Å². The van der Waals surface area contributed by atoms with Gasteiger partial charge < -0.3 is 24.5 Å². The Labute approximate surface area is 182 Å². The van der Waals surface area contributed by atoms with Gasteiger partial charge in [-0.2, -0.15) is 0 Å². The van der Waals surface area contributed by atoms with Crippen molar-refractivity contribution in [3.8, 4) is 5.75 Å². The number of nitrogens with one attached hydrogen (secondary N) is 2. The van der Waals surface area contributed by atoms with Crippen molar-refractivity contribution in [2.24, 2.45) is 0 Å². The number of hydrogen-bond donors (Lipinski definition) is 2. The van der Waals surface area contributed by atoms with Crippen LogP contribution >= 0.6 is 0 Å². The Hall–Kier alpha value is -3.29. The highest BCUT2D eigenvalue weighted by Gasteiger charge is 2.26. The number of ether oxygens (including phenoxy) is 3. The Kier molecular flexibility index (Phi) is 8.24. The number of H-pyrrole nitrogens is 1. The molecule has 1 aromatic carbocycles. The molecule has 0 unspecified atom stereocenters. The number of aromatic amines is 1. The van der Waals surface area contributed by atoms with Crippen LogP contribution < -0.4 is 10.1 Å². The van der Waals surface area contributed by atoms with Crippen LogP contribution in [0.1, 0.15) is 70.9 Å². The van der Waals surface area contributed by atoms with Crippen LogP contribution in [0.3, 0.4) is 0 Å². The van der Waals surface area contributed by atoms with Crippen LogP contribution in [0.5, 0.6) is 5.75 Å². The molecule has 2 rings (SSSR count). The number of aryl methyl sites for hydroxylation is 1. The maximum Gasteiger partial charge on any atom is 0.340 e. The second-order valence-corrected chi connectivity index (χ2v) is 7.39. The minimum absolute atomic E-state index is 0.0479. The smallest absolute Gasteiger partial charge is 0.340 e. The van der Waals surface area contributed by atoms with Crippen LogP contribution in [-0.2, 0) is 14.3 Å². The lowest BCUT2D eigenvalue weighted by molar-refractivity contribution is -0.143. The number of esters is 2. The predicted octanol–water partition coefficient (Wildman–Crippen LogP) is 3.63. The van der Waals surface area contributed by atoms with Crippen LogP contribution in [0.2, 0.25) is 0 Å². The van der Waals surface area contributed by atoms with E-state index in [0.717, 1.165) is 0 Å². The first-order valence-electron chi connectivity index (χ1n) is 10.2. The summed E-state index contributed by atoms with van der Waals surface area (Å²) in [6, 6.07) is 6.46. The summed E-state index contributed by atoms with van der Waals surface area (Å²) in [5.41, 5.74) is 2.30. The summed E-state index contributed by atoms with van der Waals surface area (Å²) in [6.07, 6.45) is -0.325. The minimum atomic E-state index is -0.643. The Morgan fingerprint density at radius 3 is 2.48 bits per heavy atom. The zero-order valence-electron chi connectivity index (χ0n) is 18.8. The van der Waals surface area contributed by atoms with Crippen molar-refractivity contribution in [2.75, 3.05) is 13.7 Å². The Bertz CT molecular complexity index is 948. The molecule has 8 heteroatoms. The normalized spacial score (nSPS) is 11.7. The fraction of sp³-hybridized carbons (Fsp3) is 0.435. The van der Waals surface area contributed by atoms with Crippen LogP contribution in [-0.4, -0.2) is 42.7 Å². The van der Waals surface area contributed by atoms with Crippen molar-refractivity contribution in [1.29, 1.82) is 0 Å². The van der Waals surface area contributed by atoms with Gasteiger partial charge in [0, 0.05) is 5.69 Å². The molecule has 2 aromatic rings. The maximum absolute atomic E-state index is 13.1. The second-order valence-electron chi connectivity index (χ2n) is 7.39. The molecule has 0 saturated carbocycles. The number of aromatic nitrogens is 1. The van der Waals surface area contributed by atoms with E-state index in [1.807, 2.05) is 0 Å². The molecule has 31 heavy (non-hydrogen) atoms. The van der Waals surface area contributed by atoms with E-state index in [2.05, 4.69) is 10.3 Å². The predicted molar refractivity (Wildman–Crippen MR) is 115 cm³/mol. The van der Waals surface area contributed by atoms with E-state index in [1.54, 1.807) is 66.0 Å². The van der Waals surface area contributed by atoms with Gasteiger partial charge in [-0.25, -0.2) is 4.79 Å². The van der Waals surface area contributed by atoms with Crippen LogP contribution in [0.4, 0.5) is 0 Å². The summed E-state index contributed by atoms with van der Waals surface area (Å²) in [5, 5.41) is 2.87. The minimum Gasteiger partial charge on any atom is -0.497 e. The third-order valence-corrected chi connectivity index (χ3v) is 4.69. The van der Waals surface area contributed by atoms with Crippen molar-refractivity contribution in [3.05, 3.63) is 52.3 Å². The van der Waals surface area contributed by atoms with E-state index in [0.29, 0.717) is 28.1 Å². The van der Waals surface area contributed by atoms with Gasteiger partial charge in [-0.3, -0.25) is 9.59 Å². The van der Waals surface area contributed by atoms with Crippen molar-refractivity contribution >= 4 is 17.8 Å². The molecule has 0 aliphatic carbocycles. The molecule has 1 aromatic heterocycles. The summed E-state index contributed by atoms with van der Waals surface area (Å²) in [7, 11) is 1.54. The molecule has 0 spiro atoms. The van der Waals surface area contributed by atoms with Gasteiger partial charge in [-0.1, -0.05) is 12.1 Å². The fourth-order valence-corrected chi connectivity index (χ4v) is 3.28. The molecule has 2 N–H and O–H groups in total. The summed E-state index contributed by atoms with van der Waals surface area (Å²) in [4.78, 5) is 40.6. The fourth-order valence-electron chi connectivity index (χ4n) is 3.28. The van der Waals surface area contributed by atoms with Gasteiger partial charge in [0.25, 0.3) is 5.91 Å². The van der Waals surface area contributed by atoms with E-state index >= 15 is 0 Å². The maximum atomic E-state index is 13.1. The molecule has 168 valence electrons. The Morgan fingerprint density at radius 1 is 1.16 bits per heavy atom. The van der Waals surface area contributed by atoms with Gasteiger partial charge in [-0.05, 0) is 57.9 Å². The number of carbonyl (C=O) groups is 3. The molecule has 0 fully saturated rings. The van der Waals surface area contributed by atoms with E-state index in [4.69, 9.17) is 14.2 Å². The van der Waals surface area contributed by atoms with Crippen molar-refractivity contribution < 1.29 is 28.6 Å². The Morgan fingerprint density at radius 2 is 1.87 bits per heavy atom. The summed E-state index contributed by atoms with van der Waals surface area (Å²) in [5.74, 6) is -0.764. The molecular weight excluding hydrogens is 400 g/mol. The Balaban J connectivity index is 2.33. The zero-order valence-corrected chi connectivity index (χ0v) is 18.8. The number of carbonyl (C=O) groups excluding carboxylic acids is 3. The molecular formula is C23H30N2O6. The van der Waals surface area contributed by atoms with Gasteiger partial charge in [0.05, 0.1) is 37.8 Å². The highest BCUT2D eigenvalue weighted by Crippen LogP contribution is 2.24. The molecule has 0 aliphatic heterocycles. The summed E-state index contributed by atoms with van der Waals surface area (Å²) >= 11 is 0. The number of rotatable bonds is 9. The number of hydrogen-bond acceptors (Lipinski definition) is 6. The number of methoxy groups -OCH3 is 1. The third-order valence-electron chi connectivity index (χ3n) is 4.69. The van der Waals surface area contributed by atoms with Gasteiger partial charge >= 0.3 is 11.9 Å². The summed E-state index contributed by atoms with van der Waals surface area (Å²) < 4.78 is 15.6. The van der Waals surface area contributed by atoms with E-state index in [9.17, 15) is 14.4 Å². The van der Waals surface area contributed by atoms with Crippen molar-refractivity contribution in [2.45, 2.75) is 53.2 Å². The monoisotopic (exact) mass is 430 g/mol. The van der Waals surface area contributed by atoms with E-state index in [1.165, 1.54) is 0 Å². The van der Waals surface area contributed by atoms with Gasteiger partial charge in [0.2, 0.25) is 0 Å². The van der Waals surface area contributed by atoms with Gasteiger partial charge in [0.1, 0.15) is 11.4 Å². The molecule has 1 amide bonds. The topological polar surface area (TPSA) is 107 Å². The first-order chi connectivity index (χ1) is 14.7. The molecule has 1 atom stereocenters. The molecule has 0 aliphatic rings. The standard InChI is InChI=1S/C23H30N2O6/c1-7-30-19(26)12-18(16-9-8-10-17(11-16)29-6)25-22(27)21-14(4)20(15(5)24-21)23(28)31-13(2)3/h8-11,13,18,24H,7,12H2,1-6H3,(H,25,27)/t18-/m0/s1. The first kappa shape index (κ1) is 24.0. The molecule has 8 nitrogen and oxygen atoms in total. The molecule has 0 saturated heterocycles. The molecule has 1 heterocycles. The van der Waals surface area contributed by atoms with Crippen molar-refractivity contribution in [3.63, 3.8) is 0 Å². The molecule has 0 bridgehead atoms. The lowest BCUT2D eigenvalue weighted by atomic mass is 10.0. The number of amides is 1. The van der Waals surface area contributed by atoms with Crippen LogP contribution in [0.15, 0.2) is 24.3 Å². The zero-order chi connectivity index (χ0) is 23.1. The highest BCUT2D eigenvalue weighted by molar-refractivity contribution is 6.00. The van der Waals surface area contributed by atoms with Crippen molar-refractivity contribution in [1.82, 2.24) is 10.3 Å². The average Bonchev–Trinajstić information content (AvgIpc) is 3.01. The van der Waals surface area contributed by atoms with Crippen LogP contribution in [0, 0.1) is 13.8 Å². The number of benzene rings is 1. The lowest BCUT2D eigenvalue weighted by Crippen LogP contribution is -2.31. The second kappa shape index (κ2) is 10.7. The largest absolute Gasteiger partial charge is 0.497 e.